The third-order valence-electron chi connectivity index (χ3n) is 4.36. The van der Waals surface area contributed by atoms with E-state index in [0.29, 0.717) is 11.4 Å². The van der Waals surface area contributed by atoms with Gasteiger partial charge < -0.3 is 15.4 Å². The van der Waals surface area contributed by atoms with Crippen molar-refractivity contribution < 1.29 is 9.53 Å². The molecule has 1 aromatic rings. The summed E-state index contributed by atoms with van der Waals surface area (Å²) in [4.78, 5) is 16.3. The highest BCUT2D eigenvalue weighted by atomic mass is 35.5. The van der Waals surface area contributed by atoms with Gasteiger partial charge in [0.25, 0.3) is 0 Å². The number of piperidine rings is 1. The van der Waals surface area contributed by atoms with Crippen molar-refractivity contribution in [2.75, 3.05) is 25.5 Å². The van der Waals surface area contributed by atoms with Crippen LogP contribution >= 0.6 is 24.8 Å². The lowest BCUT2D eigenvalue weighted by atomic mass is 9.92. The topological polar surface area (TPSA) is 63.2 Å². The number of anilines is 1. The normalized spacial score (nSPS) is 21.7. The van der Waals surface area contributed by atoms with E-state index in [1.165, 1.54) is 0 Å². The number of carbonyl (C=O) groups is 1. The number of rotatable bonds is 3. The predicted octanol–water partition coefficient (Wildman–Crippen LogP) is 2.26. The first-order chi connectivity index (χ1) is 9.25. The summed E-state index contributed by atoms with van der Waals surface area (Å²) in [5.41, 5.74) is 0.913. The maximum atomic E-state index is 12.3. The fourth-order valence-electron chi connectivity index (χ4n) is 3.07. The average Bonchev–Trinajstić information content (AvgIpc) is 3.14. The lowest BCUT2D eigenvalue weighted by Crippen LogP contribution is -2.31. The summed E-state index contributed by atoms with van der Waals surface area (Å²) >= 11 is 0. The number of methoxy groups -OCH3 is 1. The third kappa shape index (κ3) is 3.59. The molecular weight excluding hydrogens is 313 g/mol. The maximum Gasteiger partial charge on any atom is 0.228 e. The van der Waals surface area contributed by atoms with Crippen LogP contribution in [-0.4, -0.2) is 31.1 Å². The number of pyridine rings is 1. The van der Waals surface area contributed by atoms with Crippen molar-refractivity contribution in [3.63, 3.8) is 0 Å². The standard InChI is InChI=1S/C14H19N3O2.2ClH/c1-19-12-2-5-16-9-11(12)17-13(18)10-8-14(10)3-6-15-7-4-14;;/h2,5,9-10,15H,3-4,6-8H2,1H3,(H,17,18);2*1H. The molecule has 2 fully saturated rings. The first-order valence-electron chi connectivity index (χ1n) is 6.75. The van der Waals surface area contributed by atoms with E-state index in [1.54, 1.807) is 25.6 Å². The van der Waals surface area contributed by atoms with Crippen LogP contribution in [0.2, 0.25) is 0 Å². The lowest BCUT2D eigenvalue weighted by Gasteiger charge is -2.23. The summed E-state index contributed by atoms with van der Waals surface area (Å²) in [6.45, 7) is 2.06. The Morgan fingerprint density at radius 2 is 2.14 bits per heavy atom. The number of halogens is 2. The number of amides is 1. The van der Waals surface area contributed by atoms with Gasteiger partial charge in [-0.2, -0.15) is 0 Å². The molecular formula is C14H21Cl2N3O2. The summed E-state index contributed by atoms with van der Waals surface area (Å²) in [5.74, 6) is 0.913. The van der Waals surface area contributed by atoms with Gasteiger partial charge in [0.1, 0.15) is 11.4 Å². The summed E-state index contributed by atoms with van der Waals surface area (Å²) in [5, 5.41) is 6.29. The van der Waals surface area contributed by atoms with Crippen LogP contribution in [0.3, 0.4) is 0 Å². The molecule has 1 spiro atoms. The van der Waals surface area contributed by atoms with E-state index in [-0.39, 0.29) is 42.1 Å². The van der Waals surface area contributed by atoms with Gasteiger partial charge in [0.2, 0.25) is 5.91 Å². The highest BCUT2D eigenvalue weighted by Crippen LogP contribution is 2.58. The van der Waals surface area contributed by atoms with E-state index in [2.05, 4.69) is 15.6 Å². The van der Waals surface area contributed by atoms with Crippen LogP contribution in [0, 0.1) is 11.3 Å². The van der Waals surface area contributed by atoms with Crippen molar-refractivity contribution in [3.8, 4) is 5.75 Å². The van der Waals surface area contributed by atoms with Crippen molar-refractivity contribution in [1.82, 2.24) is 10.3 Å². The van der Waals surface area contributed by atoms with Gasteiger partial charge in [-0.1, -0.05) is 0 Å². The summed E-state index contributed by atoms with van der Waals surface area (Å²) in [6, 6.07) is 1.75. The first kappa shape index (κ1) is 18.0. The Morgan fingerprint density at radius 3 is 2.81 bits per heavy atom. The largest absolute Gasteiger partial charge is 0.494 e. The first-order valence-corrected chi connectivity index (χ1v) is 6.75. The van der Waals surface area contributed by atoms with Crippen molar-refractivity contribution in [1.29, 1.82) is 0 Å². The van der Waals surface area contributed by atoms with E-state index in [0.717, 1.165) is 32.4 Å². The molecule has 1 aromatic heterocycles. The number of hydrogen-bond acceptors (Lipinski definition) is 4. The van der Waals surface area contributed by atoms with Gasteiger partial charge in [-0.05, 0) is 37.8 Å². The zero-order chi connectivity index (χ0) is 13.3. The summed E-state index contributed by atoms with van der Waals surface area (Å²) < 4.78 is 5.22. The molecule has 1 saturated heterocycles. The number of hydrogen-bond donors (Lipinski definition) is 2. The van der Waals surface area contributed by atoms with Crippen LogP contribution < -0.4 is 15.4 Å². The van der Waals surface area contributed by atoms with Crippen molar-refractivity contribution in [3.05, 3.63) is 18.5 Å². The van der Waals surface area contributed by atoms with E-state index >= 15 is 0 Å². The molecule has 1 aliphatic carbocycles. The Balaban J connectivity index is 0.00000110. The fourth-order valence-corrected chi connectivity index (χ4v) is 3.07. The molecule has 0 radical (unpaired) electrons. The molecule has 0 aromatic carbocycles. The van der Waals surface area contributed by atoms with Crippen LogP contribution in [0.15, 0.2) is 18.5 Å². The SMILES string of the molecule is COc1ccncc1NC(=O)C1CC12CCNCC2.Cl.Cl. The molecule has 1 saturated carbocycles. The van der Waals surface area contributed by atoms with Crippen LogP contribution in [-0.2, 0) is 4.79 Å². The van der Waals surface area contributed by atoms with Gasteiger partial charge in [0.15, 0.2) is 0 Å². The van der Waals surface area contributed by atoms with Crippen molar-refractivity contribution in [2.45, 2.75) is 19.3 Å². The number of carbonyl (C=O) groups excluding carboxylic acids is 1. The Hall–Kier alpha value is -1.04. The van der Waals surface area contributed by atoms with Crippen LogP contribution in [0.5, 0.6) is 5.75 Å². The lowest BCUT2D eigenvalue weighted by molar-refractivity contribution is -0.118. The molecule has 118 valence electrons. The highest BCUT2D eigenvalue weighted by Gasteiger charge is 2.57. The molecule has 1 atom stereocenters. The zero-order valence-electron chi connectivity index (χ0n) is 11.9. The number of nitrogens with zero attached hydrogens (tertiary/aromatic N) is 1. The second-order valence-corrected chi connectivity index (χ2v) is 5.43. The third-order valence-corrected chi connectivity index (χ3v) is 4.36. The minimum atomic E-state index is 0. The predicted molar refractivity (Wildman–Crippen MR) is 86.6 cm³/mol. The smallest absolute Gasteiger partial charge is 0.228 e. The fraction of sp³-hybridized carbons (Fsp3) is 0.571. The molecule has 21 heavy (non-hydrogen) atoms. The molecule has 1 amide bonds. The molecule has 7 heteroatoms. The van der Waals surface area contributed by atoms with Crippen molar-refractivity contribution in [2.24, 2.45) is 11.3 Å². The molecule has 5 nitrogen and oxygen atoms in total. The van der Waals surface area contributed by atoms with Gasteiger partial charge >= 0.3 is 0 Å². The minimum Gasteiger partial charge on any atom is -0.494 e. The maximum absolute atomic E-state index is 12.3. The molecule has 2 heterocycles. The van der Waals surface area contributed by atoms with Gasteiger partial charge in [-0.3, -0.25) is 9.78 Å². The molecule has 3 rings (SSSR count). The Bertz CT molecular complexity index is 493. The van der Waals surface area contributed by atoms with Crippen LogP contribution in [0.1, 0.15) is 19.3 Å². The van der Waals surface area contributed by atoms with Gasteiger partial charge in [-0.25, -0.2) is 0 Å². The molecule has 2 aliphatic rings. The van der Waals surface area contributed by atoms with E-state index in [1.807, 2.05) is 0 Å². The van der Waals surface area contributed by atoms with Crippen LogP contribution in [0.25, 0.3) is 0 Å². The van der Waals surface area contributed by atoms with E-state index < -0.39 is 0 Å². The molecule has 1 unspecified atom stereocenters. The summed E-state index contributed by atoms with van der Waals surface area (Å²) in [7, 11) is 1.59. The average molecular weight is 334 g/mol. The number of ether oxygens (including phenoxy) is 1. The number of aromatic nitrogens is 1. The second kappa shape index (κ2) is 7.29. The monoisotopic (exact) mass is 333 g/mol. The second-order valence-electron chi connectivity index (χ2n) is 5.43. The van der Waals surface area contributed by atoms with E-state index in [4.69, 9.17) is 4.74 Å². The quantitative estimate of drug-likeness (QED) is 0.890. The zero-order valence-corrected chi connectivity index (χ0v) is 13.6. The Kier molecular flexibility index (Phi) is 6.25. The molecule has 2 N–H and O–H groups in total. The molecule has 1 aliphatic heterocycles. The van der Waals surface area contributed by atoms with Gasteiger partial charge in [-0.15, -0.1) is 24.8 Å². The summed E-state index contributed by atoms with van der Waals surface area (Å²) in [6.07, 6.45) is 6.52. The van der Waals surface area contributed by atoms with Crippen molar-refractivity contribution >= 4 is 36.4 Å². The van der Waals surface area contributed by atoms with Crippen LogP contribution in [0.4, 0.5) is 5.69 Å². The number of nitrogens with one attached hydrogen (secondary N) is 2. The Morgan fingerprint density at radius 1 is 1.43 bits per heavy atom. The van der Waals surface area contributed by atoms with E-state index in [9.17, 15) is 4.79 Å². The van der Waals surface area contributed by atoms with Gasteiger partial charge in [0.05, 0.1) is 13.3 Å². The van der Waals surface area contributed by atoms with Gasteiger partial charge in [0, 0.05) is 18.2 Å². The molecule has 0 bridgehead atoms. The minimum absolute atomic E-state index is 0. The Labute approximate surface area is 137 Å². The highest BCUT2D eigenvalue weighted by molar-refractivity contribution is 5.96.